The van der Waals surface area contributed by atoms with Crippen molar-refractivity contribution in [2.75, 3.05) is 17.5 Å². The highest BCUT2D eigenvalue weighted by Crippen LogP contribution is 2.40. The molecule has 3 aromatic carbocycles. The van der Waals surface area contributed by atoms with E-state index in [0.29, 0.717) is 6.07 Å². The first kappa shape index (κ1) is 23.0. The van der Waals surface area contributed by atoms with Crippen LogP contribution in [0.25, 0.3) is 11.1 Å². The van der Waals surface area contributed by atoms with Gasteiger partial charge in [0, 0.05) is 0 Å². The normalized spacial score (nSPS) is 14.5. The van der Waals surface area contributed by atoms with Crippen LogP contribution in [0.2, 0.25) is 0 Å². The Bertz CT molecular complexity index is 1300. The fraction of sp³-hybridized carbons (Fsp3) is 0.182. The number of hydrogen-bond donors (Lipinski definition) is 0. The monoisotopic (exact) mass is 487 g/mol. The van der Waals surface area contributed by atoms with Crippen LogP contribution < -0.4 is 9.04 Å². The summed E-state index contributed by atoms with van der Waals surface area (Å²) in [6.07, 6.45) is -9.29. The van der Waals surface area contributed by atoms with Gasteiger partial charge in [-0.15, -0.1) is 0 Å². The van der Waals surface area contributed by atoms with E-state index in [4.69, 9.17) is 4.74 Å². The molecule has 1 heterocycles. The average Bonchev–Trinajstić information content (AvgIpc) is 2.77. The molecule has 33 heavy (non-hydrogen) atoms. The molecule has 4 nitrogen and oxygen atoms in total. The topological polar surface area (TPSA) is 46.6 Å². The van der Waals surface area contributed by atoms with E-state index in [0.717, 1.165) is 34.6 Å². The van der Waals surface area contributed by atoms with Crippen LogP contribution >= 0.6 is 0 Å². The molecule has 1 aliphatic rings. The van der Waals surface area contributed by atoms with E-state index in [1.807, 2.05) is 0 Å². The zero-order valence-corrected chi connectivity index (χ0v) is 17.4. The molecule has 4 rings (SSSR count). The number of sulfonamides is 1. The van der Waals surface area contributed by atoms with Crippen LogP contribution in [0.1, 0.15) is 11.1 Å². The van der Waals surface area contributed by atoms with Crippen molar-refractivity contribution >= 4 is 15.7 Å². The van der Waals surface area contributed by atoms with E-state index >= 15 is 0 Å². The lowest BCUT2D eigenvalue weighted by Crippen LogP contribution is -2.38. The van der Waals surface area contributed by atoms with Crippen LogP contribution in [0, 0.1) is 0 Å². The molecule has 1 aliphatic heterocycles. The summed E-state index contributed by atoms with van der Waals surface area (Å²) in [4.78, 5) is -0.561. The summed E-state index contributed by atoms with van der Waals surface area (Å²) in [5.74, 6) is 0.146. The molecule has 3 aromatic rings. The third kappa shape index (κ3) is 4.50. The van der Waals surface area contributed by atoms with Gasteiger partial charge in [0.2, 0.25) is 0 Å². The molecule has 0 N–H and O–H groups in total. The summed E-state index contributed by atoms with van der Waals surface area (Å²) < 4.78 is 111. The van der Waals surface area contributed by atoms with Crippen molar-refractivity contribution < 1.29 is 39.5 Å². The number of benzene rings is 3. The number of ether oxygens (including phenoxy) is 1. The van der Waals surface area contributed by atoms with Crippen LogP contribution in [-0.2, 0) is 22.4 Å². The minimum Gasteiger partial charge on any atom is -0.489 e. The van der Waals surface area contributed by atoms with Gasteiger partial charge >= 0.3 is 12.4 Å². The second kappa shape index (κ2) is 7.98. The van der Waals surface area contributed by atoms with Crippen molar-refractivity contribution in [3.63, 3.8) is 0 Å². The number of alkyl halides is 6. The molecule has 174 valence electrons. The molecule has 0 atom stereocenters. The highest BCUT2D eigenvalue weighted by atomic mass is 32.2. The fourth-order valence-corrected chi connectivity index (χ4v) is 4.96. The molecule has 0 unspecified atom stereocenters. The number of rotatable bonds is 3. The largest absolute Gasteiger partial charge is 0.489 e. The summed E-state index contributed by atoms with van der Waals surface area (Å²) in [6, 6.07) is 12.1. The molecule has 0 fully saturated rings. The lowest BCUT2D eigenvalue weighted by atomic mass is 10.0. The zero-order valence-electron chi connectivity index (χ0n) is 16.6. The van der Waals surface area contributed by atoms with Crippen molar-refractivity contribution in [1.29, 1.82) is 0 Å². The molecular weight excluding hydrogens is 472 g/mol. The van der Waals surface area contributed by atoms with Gasteiger partial charge < -0.3 is 4.74 Å². The van der Waals surface area contributed by atoms with E-state index in [2.05, 4.69) is 0 Å². The highest BCUT2D eigenvalue weighted by molar-refractivity contribution is 7.92. The quantitative estimate of drug-likeness (QED) is 0.427. The second-order valence-electron chi connectivity index (χ2n) is 7.21. The van der Waals surface area contributed by atoms with E-state index in [1.165, 1.54) is 30.3 Å². The van der Waals surface area contributed by atoms with Crippen LogP contribution in [0.4, 0.5) is 32.0 Å². The maximum atomic E-state index is 13.2. The van der Waals surface area contributed by atoms with E-state index in [1.54, 1.807) is 0 Å². The maximum Gasteiger partial charge on any atom is 0.416 e. The van der Waals surface area contributed by atoms with Crippen molar-refractivity contribution in [1.82, 2.24) is 0 Å². The molecule has 0 bridgehead atoms. The number of fused-ring (bicyclic) bond motifs is 1. The summed E-state index contributed by atoms with van der Waals surface area (Å²) in [7, 11) is -4.42. The van der Waals surface area contributed by atoms with E-state index in [9.17, 15) is 34.8 Å². The Kier molecular flexibility index (Phi) is 5.55. The van der Waals surface area contributed by atoms with Crippen LogP contribution in [-0.4, -0.2) is 21.6 Å². The Morgan fingerprint density at radius 1 is 0.758 bits per heavy atom. The molecule has 0 amide bonds. The van der Waals surface area contributed by atoms with Crippen molar-refractivity contribution in [3.8, 4) is 16.9 Å². The Morgan fingerprint density at radius 2 is 1.36 bits per heavy atom. The van der Waals surface area contributed by atoms with Gasteiger partial charge in [-0.25, -0.2) is 8.42 Å². The first-order valence-electron chi connectivity index (χ1n) is 9.52. The Morgan fingerprint density at radius 3 is 2.03 bits per heavy atom. The average molecular weight is 487 g/mol. The smallest absolute Gasteiger partial charge is 0.416 e. The van der Waals surface area contributed by atoms with Gasteiger partial charge in [0.05, 0.1) is 28.3 Å². The Balaban J connectivity index is 1.78. The van der Waals surface area contributed by atoms with Crippen LogP contribution in [0.3, 0.4) is 0 Å². The number of halogens is 6. The van der Waals surface area contributed by atoms with Gasteiger partial charge in [0.15, 0.2) is 0 Å². The molecule has 11 heteroatoms. The molecule has 0 spiro atoms. The fourth-order valence-electron chi connectivity index (χ4n) is 3.46. The Hall–Kier alpha value is -3.21. The first-order valence-corrected chi connectivity index (χ1v) is 11.0. The molecule has 0 radical (unpaired) electrons. The van der Waals surface area contributed by atoms with Gasteiger partial charge in [-0.05, 0) is 53.6 Å². The number of nitrogens with zero attached hydrogens (tertiary/aromatic N) is 1. The summed E-state index contributed by atoms with van der Waals surface area (Å²) in [5.41, 5.74) is -1.49. The van der Waals surface area contributed by atoms with Crippen molar-refractivity contribution in [2.24, 2.45) is 0 Å². The van der Waals surface area contributed by atoms with Gasteiger partial charge in [0.1, 0.15) is 12.4 Å². The van der Waals surface area contributed by atoms with E-state index in [-0.39, 0.29) is 35.7 Å². The van der Waals surface area contributed by atoms with Crippen molar-refractivity contribution in [3.05, 3.63) is 77.9 Å². The predicted molar refractivity (Wildman–Crippen MR) is 108 cm³/mol. The third-order valence-electron chi connectivity index (χ3n) is 5.05. The third-order valence-corrected chi connectivity index (χ3v) is 6.86. The molecular formula is C22H15F6NO3S. The zero-order chi connectivity index (χ0) is 24.0. The molecule has 0 saturated carbocycles. The Labute approximate surface area is 185 Å². The standard InChI is InChI=1S/C22H15F6NO3S/c23-21(24,25)16-4-1-3-14(11-16)15-7-8-20-19(12-15)29(9-10-32-20)33(30,31)18-6-2-5-17(13-18)22(26,27)28/h1-8,11-13H,9-10H2. The number of hydrogen-bond acceptors (Lipinski definition) is 3. The maximum absolute atomic E-state index is 13.2. The molecule has 0 aromatic heterocycles. The summed E-state index contributed by atoms with van der Waals surface area (Å²) in [5, 5.41) is 0. The van der Waals surface area contributed by atoms with Gasteiger partial charge in [-0.1, -0.05) is 24.3 Å². The van der Waals surface area contributed by atoms with Gasteiger partial charge in [0.25, 0.3) is 10.0 Å². The number of anilines is 1. The molecule has 0 saturated heterocycles. The molecule has 0 aliphatic carbocycles. The second-order valence-corrected chi connectivity index (χ2v) is 9.07. The van der Waals surface area contributed by atoms with Crippen molar-refractivity contribution in [2.45, 2.75) is 17.2 Å². The van der Waals surface area contributed by atoms with E-state index < -0.39 is 38.4 Å². The van der Waals surface area contributed by atoms with Crippen LogP contribution in [0.5, 0.6) is 5.75 Å². The predicted octanol–water partition coefficient (Wildman–Crippen LogP) is 5.98. The van der Waals surface area contributed by atoms with Gasteiger partial charge in [-0.2, -0.15) is 26.3 Å². The SMILES string of the molecule is O=S(=O)(c1cccc(C(F)(F)F)c1)N1CCOc2ccc(-c3cccc(C(F)(F)F)c3)cc21. The lowest BCUT2D eigenvalue weighted by molar-refractivity contribution is -0.138. The highest BCUT2D eigenvalue weighted by Gasteiger charge is 2.35. The minimum absolute atomic E-state index is 0.0218. The summed E-state index contributed by atoms with van der Waals surface area (Å²) >= 11 is 0. The minimum atomic E-state index is -4.73. The van der Waals surface area contributed by atoms with Gasteiger partial charge in [-0.3, -0.25) is 4.31 Å². The lowest BCUT2D eigenvalue weighted by Gasteiger charge is -2.31. The first-order chi connectivity index (χ1) is 15.4. The summed E-state index contributed by atoms with van der Waals surface area (Å²) in [6.45, 7) is -0.230. The van der Waals surface area contributed by atoms with Crippen LogP contribution in [0.15, 0.2) is 71.6 Å².